The SMILES string of the molecule is O=C(N[C@H](CN1CCCC1)[C@H](O)c1ccc(OC2CC2)c(Cl)c1)C(=O)c1ccc(-c2ccc3sc(Cl)cc3c2)cc1. The molecule has 1 aliphatic carbocycles. The van der Waals surface area contributed by atoms with E-state index in [1.807, 2.05) is 30.3 Å². The van der Waals surface area contributed by atoms with Crippen LogP contribution in [0, 0.1) is 0 Å². The number of aliphatic hydroxyl groups excluding tert-OH is 1. The first-order chi connectivity index (χ1) is 19.8. The van der Waals surface area contributed by atoms with Crippen LogP contribution in [0.25, 0.3) is 21.2 Å². The number of hydrogen-bond donors (Lipinski definition) is 2. The maximum absolute atomic E-state index is 13.2. The molecule has 212 valence electrons. The van der Waals surface area contributed by atoms with Crippen LogP contribution in [-0.2, 0) is 4.79 Å². The standard InChI is InChI=1S/C32H30Cl2N2O4S/c33-25-16-22(7-11-27(25)40-24-9-10-24)30(37)26(18-36-13-1-2-14-36)35-32(39)31(38)20-5-3-19(4-6-20)21-8-12-28-23(15-21)17-29(34)41-28/h3-8,11-12,15-17,24,26,30,37H,1-2,9-10,13-14,18H2,(H,35,39)/t26-,30-/m1/s1. The fourth-order valence-electron chi connectivity index (χ4n) is 5.23. The van der Waals surface area contributed by atoms with Crippen LogP contribution in [0.15, 0.2) is 66.7 Å². The van der Waals surface area contributed by atoms with Crippen molar-refractivity contribution in [2.75, 3.05) is 19.6 Å². The minimum atomic E-state index is -1.05. The highest BCUT2D eigenvalue weighted by Crippen LogP contribution is 2.35. The van der Waals surface area contributed by atoms with E-state index in [1.165, 1.54) is 11.3 Å². The summed E-state index contributed by atoms with van der Waals surface area (Å²) >= 11 is 14.1. The van der Waals surface area contributed by atoms with Crippen LogP contribution in [0.2, 0.25) is 9.36 Å². The highest BCUT2D eigenvalue weighted by Gasteiger charge is 2.30. The summed E-state index contributed by atoms with van der Waals surface area (Å²) in [4.78, 5) is 28.5. The molecular weight excluding hydrogens is 579 g/mol. The lowest BCUT2D eigenvalue weighted by Crippen LogP contribution is -2.48. The molecule has 6 nitrogen and oxygen atoms in total. The molecule has 2 heterocycles. The third-order valence-corrected chi connectivity index (χ3v) is 9.18. The number of carbonyl (C=O) groups is 2. The van der Waals surface area contributed by atoms with Crippen LogP contribution >= 0.6 is 34.5 Å². The molecule has 2 fully saturated rings. The second kappa shape index (κ2) is 12.1. The predicted octanol–water partition coefficient (Wildman–Crippen LogP) is 6.91. The Morgan fingerprint density at radius 1 is 0.976 bits per heavy atom. The molecule has 0 unspecified atom stereocenters. The van der Waals surface area contributed by atoms with Crippen molar-refractivity contribution in [3.63, 3.8) is 0 Å². The number of aliphatic hydroxyl groups is 1. The lowest BCUT2D eigenvalue weighted by atomic mass is 9.99. The van der Waals surface area contributed by atoms with Crippen molar-refractivity contribution in [2.24, 2.45) is 0 Å². The van der Waals surface area contributed by atoms with Crippen LogP contribution in [0.4, 0.5) is 0 Å². The maximum atomic E-state index is 13.2. The number of ketones is 1. The molecule has 2 N–H and O–H groups in total. The number of halogens is 2. The van der Waals surface area contributed by atoms with Crippen molar-refractivity contribution in [3.8, 4) is 16.9 Å². The lowest BCUT2D eigenvalue weighted by molar-refractivity contribution is -0.118. The second-order valence-corrected chi connectivity index (χ2v) is 12.9. The number of nitrogens with one attached hydrogen (secondary N) is 1. The highest BCUT2D eigenvalue weighted by atomic mass is 35.5. The zero-order valence-corrected chi connectivity index (χ0v) is 24.6. The molecule has 6 rings (SSSR count). The molecule has 1 aromatic heterocycles. The van der Waals surface area contributed by atoms with Crippen LogP contribution in [0.3, 0.4) is 0 Å². The van der Waals surface area contributed by atoms with Gasteiger partial charge in [0.1, 0.15) is 11.9 Å². The number of carbonyl (C=O) groups excluding carboxylic acids is 2. The van der Waals surface area contributed by atoms with E-state index in [1.54, 1.807) is 30.3 Å². The second-order valence-electron chi connectivity index (χ2n) is 10.7. The third kappa shape index (κ3) is 6.60. The Hall–Kier alpha value is -2.94. The summed E-state index contributed by atoms with van der Waals surface area (Å²) in [6.07, 6.45) is 3.31. The number of hydrogen-bond acceptors (Lipinski definition) is 6. The van der Waals surface area contributed by atoms with Crippen molar-refractivity contribution >= 4 is 56.3 Å². The third-order valence-electron chi connectivity index (χ3n) is 7.64. The average molecular weight is 610 g/mol. The van der Waals surface area contributed by atoms with Gasteiger partial charge in [-0.15, -0.1) is 11.3 Å². The molecule has 2 aliphatic rings. The average Bonchev–Trinajstić information content (AvgIpc) is 3.48. The van der Waals surface area contributed by atoms with E-state index in [0.29, 0.717) is 22.9 Å². The zero-order valence-electron chi connectivity index (χ0n) is 22.3. The molecule has 41 heavy (non-hydrogen) atoms. The Morgan fingerprint density at radius 3 is 2.41 bits per heavy atom. The Bertz CT molecular complexity index is 1580. The van der Waals surface area contributed by atoms with E-state index >= 15 is 0 Å². The van der Waals surface area contributed by atoms with Gasteiger partial charge in [-0.1, -0.05) is 59.6 Å². The van der Waals surface area contributed by atoms with E-state index in [2.05, 4.69) is 16.3 Å². The van der Waals surface area contributed by atoms with Gasteiger partial charge < -0.3 is 20.1 Å². The molecule has 1 aliphatic heterocycles. The summed E-state index contributed by atoms with van der Waals surface area (Å²) in [5.74, 6) is -0.820. The van der Waals surface area contributed by atoms with Gasteiger partial charge in [0.25, 0.3) is 5.91 Å². The van der Waals surface area contributed by atoms with Crippen molar-refractivity contribution < 1.29 is 19.4 Å². The monoisotopic (exact) mass is 608 g/mol. The first-order valence-electron chi connectivity index (χ1n) is 13.9. The smallest absolute Gasteiger partial charge is 0.292 e. The van der Waals surface area contributed by atoms with E-state index in [-0.39, 0.29) is 11.7 Å². The number of amides is 1. The van der Waals surface area contributed by atoms with Gasteiger partial charge in [0.05, 0.1) is 21.5 Å². The fraction of sp³-hybridized carbons (Fsp3) is 0.312. The van der Waals surface area contributed by atoms with E-state index in [9.17, 15) is 14.7 Å². The maximum Gasteiger partial charge on any atom is 0.292 e. The minimum Gasteiger partial charge on any atom is -0.489 e. The fourth-order valence-corrected chi connectivity index (χ4v) is 6.60. The van der Waals surface area contributed by atoms with Crippen LogP contribution in [0.1, 0.15) is 47.7 Å². The molecule has 1 amide bonds. The van der Waals surface area contributed by atoms with Crippen molar-refractivity contribution in [3.05, 3.63) is 87.2 Å². The van der Waals surface area contributed by atoms with E-state index in [4.69, 9.17) is 27.9 Å². The molecule has 2 atom stereocenters. The van der Waals surface area contributed by atoms with Gasteiger partial charge in [-0.25, -0.2) is 0 Å². The Kier molecular flexibility index (Phi) is 8.33. The predicted molar refractivity (Wildman–Crippen MR) is 164 cm³/mol. The minimum absolute atomic E-state index is 0.203. The van der Waals surface area contributed by atoms with E-state index in [0.717, 1.165) is 64.3 Å². The summed E-state index contributed by atoms with van der Waals surface area (Å²) in [6, 6.07) is 19.5. The number of thiophene rings is 1. The quantitative estimate of drug-likeness (QED) is 0.151. The Balaban J connectivity index is 1.16. The lowest BCUT2D eigenvalue weighted by Gasteiger charge is -2.28. The molecule has 3 aromatic carbocycles. The number of nitrogens with zero attached hydrogens (tertiary/aromatic N) is 1. The summed E-state index contributed by atoms with van der Waals surface area (Å²) in [5.41, 5.74) is 2.77. The number of fused-ring (bicyclic) bond motifs is 1. The van der Waals surface area contributed by atoms with Crippen LogP contribution in [-0.4, -0.2) is 53.5 Å². The van der Waals surface area contributed by atoms with Gasteiger partial charge in [0.15, 0.2) is 0 Å². The number of ether oxygens (including phenoxy) is 1. The molecule has 0 bridgehead atoms. The summed E-state index contributed by atoms with van der Waals surface area (Å²) < 4.78 is 7.66. The van der Waals surface area contributed by atoms with Gasteiger partial charge in [-0.2, -0.15) is 0 Å². The number of rotatable bonds is 10. The topological polar surface area (TPSA) is 78.9 Å². The molecule has 0 spiro atoms. The zero-order chi connectivity index (χ0) is 28.5. The summed E-state index contributed by atoms with van der Waals surface area (Å²) in [6.45, 7) is 2.19. The molecule has 1 saturated carbocycles. The van der Waals surface area contributed by atoms with Gasteiger partial charge in [0.2, 0.25) is 5.78 Å². The molecule has 9 heteroatoms. The number of benzene rings is 3. The van der Waals surface area contributed by atoms with Crippen molar-refractivity contribution in [2.45, 2.75) is 43.9 Å². The molecule has 1 saturated heterocycles. The summed E-state index contributed by atoms with van der Waals surface area (Å²) in [7, 11) is 0. The normalized spacial score (nSPS) is 17.0. The van der Waals surface area contributed by atoms with Crippen LogP contribution in [0.5, 0.6) is 5.75 Å². The van der Waals surface area contributed by atoms with Gasteiger partial charge in [-0.3, -0.25) is 9.59 Å². The van der Waals surface area contributed by atoms with Crippen LogP contribution < -0.4 is 10.1 Å². The van der Waals surface area contributed by atoms with Gasteiger partial charge in [0, 0.05) is 16.8 Å². The molecular formula is C32H30Cl2N2O4S. The Labute approximate surface area is 252 Å². The van der Waals surface area contributed by atoms with Gasteiger partial charge in [-0.05, 0) is 91.2 Å². The van der Waals surface area contributed by atoms with Gasteiger partial charge >= 0.3 is 0 Å². The molecule has 0 radical (unpaired) electrons. The number of likely N-dealkylation sites (tertiary alicyclic amines) is 1. The first-order valence-corrected chi connectivity index (χ1v) is 15.4. The van der Waals surface area contributed by atoms with Crippen molar-refractivity contribution in [1.29, 1.82) is 0 Å². The largest absolute Gasteiger partial charge is 0.489 e. The van der Waals surface area contributed by atoms with E-state index < -0.39 is 23.8 Å². The molecule has 4 aromatic rings. The summed E-state index contributed by atoms with van der Waals surface area (Å²) in [5, 5.41) is 15.6. The first kappa shape index (κ1) is 28.2. The Morgan fingerprint density at radius 2 is 1.71 bits per heavy atom. The highest BCUT2D eigenvalue weighted by molar-refractivity contribution is 7.22. The van der Waals surface area contributed by atoms with Crippen molar-refractivity contribution in [1.82, 2.24) is 10.2 Å². The number of Topliss-reactive ketones (excluding diaryl/α,β-unsaturated/α-hetero) is 1.